The highest BCUT2D eigenvalue weighted by Gasteiger charge is 2.51. The van der Waals surface area contributed by atoms with Gasteiger partial charge in [0.2, 0.25) is 0 Å². The smallest absolute Gasteiger partial charge is 0.315 e. The lowest BCUT2D eigenvalue weighted by Gasteiger charge is -2.08. The molecule has 1 aliphatic carbocycles. The molecule has 5 nitrogen and oxygen atoms in total. The SMILES string of the molecule is CCCCCCCCCCOc1ccc(-c2ncc(OC(=O)[C@H]3CC3(C)C)cn2)cc1. The number of nitrogens with zero attached hydrogens (tertiary/aromatic N) is 2. The van der Waals surface area contributed by atoms with Crippen LogP contribution in [0.15, 0.2) is 36.7 Å². The lowest BCUT2D eigenvalue weighted by molar-refractivity contribution is -0.136. The van der Waals surface area contributed by atoms with Crippen LogP contribution in [0.2, 0.25) is 0 Å². The molecular weight excluding hydrogens is 388 g/mol. The molecule has 168 valence electrons. The lowest BCUT2D eigenvalue weighted by Crippen LogP contribution is -2.13. The highest BCUT2D eigenvalue weighted by atomic mass is 16.5. The zero-order chi connectivity index (χ0) is 22.1. The van der Waals surface area contributed by atoms with E-state index in [0.29, 0.717) is 11.6 Å². The third-order valence-electron chi connectivity index (χ3n) is 6.02. The van der Waals surface area contributed by atoms with Crippen molar-refractivity contribution in [2.45, 2.75) is 78.6 Å². The van der Waals surface area contributed by atoms with Crippen molar-refractivity contribution in [2.75, 3.05) is 6.61 Å². The van der Waals surface area contributed by atoms with E-state index < -0.39 is 0 Å². The molecule has 5 heteroatoms. The Morgan fingerprint density at radius 2 is 1.52 bits per heavy atom. The van der Waals surface area contributed by atoms with E-state index in [1.807, 2.05) is 24.3 Å². The first-order valence-electron chi connectivity index (χ1n) is 11.8. The summed E-state index contributed by atoms with van der Waals surface area (Å²) in [5.41, 5.74) is 0.955. The molecule has 0 aliphatic heterocycles. The lowest BCUT2D eigenvalue weighted by atomic mass is 10.1. The third-order valence-corrected chi connectivity index (χ3v) is 6.02. The molecule has 1 aromatic heterocycles. The van der Waals surface area contributed by atoms with E-state index in [2.05, 4.69) is 30.7 Å². The minimum absolute atomic E-state index is 0.0227. The molecular formula is C26H36N2O3. The first-order chi connectivity index (χ1) is 15.0. The van der Waals surface area contributed by atoms with Gasteiger partial charge in [-0.25, -0.2) is 9.97 Å². The number of ether oxygens (including phenoxy) is 2. The standard InChI is InChI=1S/C26H36N2O3/c1-4-5-6-7-8-9-10-11-16-30-21-14-12-20(13-15-21)24-27-18-22(19-28-24)31-25(29)23-17-26(23,2)3/h12-15,18-19,23H,4-11,16-17H2,1-3H3/t23-/m1/s1. The van der Waals surface area contributed by atoms with Crippen LogP contribution in [0.25, 0.3) is 11.4 Å². The fourth-order valence-electron chi connectivity index (χ4n) is 3.70. The van der Waals surface area contributed by atoms with Crippen LogP contribution in [0.4, 0.5) is 0 Å². The molecule has 0 bridgehead atoms. The summed E-state index contributed by atoms with van der Waals surface area (Å²) < 4.78 is 11.2. The molecule has 1 aliphatic rings. The van der Waals surface area contributed by atoms with Crippen LogP contribution in [0.5, 0.6) is 11.5 Å². The van der Waals surface area contributed by atoms with Gasteiger partial charge in [0.1, 0.15) is 5.75 Å². The summed E-state index contributed by atoms with van der Waals surface area (Å²) in [6.45, 7) is 7.15. The molecule has 0 radical (unpaired) electrons. The van der Waals surface area contributed by atoms with Crippen molar-refractivity contribution in [2.24, 2.45) is 11.3 Å². The minimum Gasteiger partial charge on any atom is -0.494 e. The summed E-state index contributed by atoms with van der Waals surface area (Å²) in [4.78, 5) is 20.8. The Hall–Kier alpha value is -2.43. The Morgan fingerprint density at radius 3 is 2.10 bits per heavy atom. The van der Waals surface area contributed by atoms with Crippen molar-refractivity contribution in [1.29, 1.82) is 0 Å². The number of carbonyl (C=O) groups is 1. The van der Waals surface area contributed by atoms with E-state index in [-0.39, 0.29) is 17.3 Å². The van der Waals surface area contributed by atoms with Crippen LogP contribution in [-0.4, -0.2) is 22.5 Å². The molecule has 0 spiro atoms. The fourth-order valence-corrected chi connectivity index (χ4v) is 3.70. The largest absolute Gasteiger partial charge is 0.494 e. The molecule has 1 atom stereocenters. The molecule has 1 heterocycles. The normalized spacial score (nSPS) is 16.7. The molecule has 0 unspecified atom stereocenters. The Labute approximate surface area is 186 Å². The molecule has 1 saturated carbocycles. The van der Waals surface area contributed by atoms with Crippen molar-refractivity contribution >= 4 is 5.97 Å². The molecule has 0 saturated heterocycles. The van der Waals surface area contributed by atoms with Gasteiger partial charge in [0, 0.05) is 5.56 Å². The van der Waals surface area contributed by atoms with Crippen LogP contribution in [0.1, 0.15) is 78.6 Å². The van der Waals surface area contributed by atoms with Crippen LogP contribution in [-0.2, 0) is 4.79 Å². The van der Waals surface area contributed by atoms with Crippen LogP contribution < -0.4 is 9.47 Å². The maximum Gasteiger partial charge on any atom is 0.315 e. The number of hydrogen-bond acceptors (Lipinski definition) is 5. The second-order valence-electron chi connectivity index (χ2n) is 9.26. The molecule has 3 rings (SSSR count). The highest BCUT2D eigenvalue weighted by Crippen LogP contribution is 2.52. The first-order valence-corrected chi connectivity index (χ1v) is 11.8. The van der Waals surface area contributed by atoms with E-state index >= 15 is 0 Å². The fraction of sp³-hybridized carbons (Fsp3) is 0.577. The van der Waals surface area contributed by atoms with Gasteiger partial charge in [-0.1, -0.05) is 65.7 Å². The van der Waals surface area contributed by atoms with Gasteiger partial charge in [-0.05, 0) is 42.5 Å². The maximum absolute atomic E-state index is 12.1. The average molecular weight is 425 g/mol. The second kappa shape index (κ2) is 11.3. The Morgan fingerprint density at radius 1 is 0.935 bits per heavy atom. The number of carbonyl (C=O) groups excluding carboxylic acids is 1. The third kappa shape index (κ3) is 7.34. The molecule has 1 aromatic carbocycles. The van der Waals surface area contributed by atoms with E-state index in [4.69, 9.17) is 9.47 Å². The molecule has 1 fully saturated rings. The Bertz CT molecular complexity index is 816. The quantitative estimate of drug-likeness (QED) is 0.267. The Balaban J connectivity index is 1.37. The van der Waals surface area contributed by atoms with Gasteiger partial charge in [0.15, 0.2) is 11.6 Å². The number of rotatable bonds is 13. The second-order valence-corrected chi connectivity index (χ2v) is 9.26. The zero-order valence-electron chi connectivity index (χ0n) is 19.2. The number of esters is 1. The van der Waals surface area contributed by atoms with Crippen molar-refractivity contribution in [1.82, 2.24) is 9.97 Å². The van der Waals surface area contributed by atoms with Gasteiger partial charge in [-0.15, -0.1) is 0 Å². The van der Waals surface area contributed by atoms with E-state index in [0.717, 1.165) is 30.8 Å². The summed E-state index contributed by atoms with van der Waals surface area (Å²) in [7, 11) is 0. The predicted molar refractivity (Wildman–Crippen MR) is 123 cm³/mol. The van der Waals surface area contributed by atoms with Gasteiger partial charge in [0.25, 0.3) is 0 Å². The molecule has 2 aromatic rings. The van der Waals surface area contributed by atoms with Gasteiger partial charge in [-0.2, -0.15) is 0 Å². The predicted octanol–water partition coefficient (Wildman–Crippen LogP) is 6.61. The van der Waals surface area contributed by atoms with Gasteiger partial charge in [0.05, 0.1) is 24.9 Å². The van der Waals surface area contributed by atoms with Crippen LogP contribution >= 0.6 is 0 Å². The van der Waals surface area contributed by atoms with Crippen molar-refractivity contribution in [3.8, 4) is 22.9 Å². The summed E-state index contributed by atoms with van der Waals surface area (Å²) in [6, 6.07) is 7.81. The van der Waals surface area contributed by atoms with Crippen LogP contribution in [0, 0.1) is 11.3 Å². The monoisotopic (exact) mass is 424 g/mol. The van der Waals surface area contributed by atoms with Crippen molar-refractivity contribution < 1.29 is 14.3 Å². The van der Waals surface area contributed by atoms with Crippen molar-refractivity contribution in [3.05, 3.63) is 36.7 Å². The van der Waals surface area contributed by atoms with E-state index in [1.165, 1.54) is 44.9 Å². The first kappa shape index (κ1) is 23.2. The summed E-state index contributed by atoms with van der Waals surface area (Å²) >= 11 is 0. The van der Waals surface area contributed by atoms with Gasteiger partial charge < -0.3 is 9.47 Å². The summed E-state index contributed by atoms with van der Waals surface area (Å²) in [6.07, 6.45) is 14.3. The number of unbranched alkanes of at least 4 members (excludes halogenated alkanes) is 7. The number of benzene rings is 1. The van der Waals surface area contributed by atoms with Gasteiger partial charge >= 0.3 is 5.97 Å². The van der Waals surface area contributed by atoms with E-state index in [9.17, 15) is 4.79 Å². The summed E-state index contributed by atoms with van der Waals surface area (Å²) in [5.74, 6) is 1.64. The van der Waals surface area contributed by atoms with Gasteiger partial charge in [-0.3, -0.25) is 4.79 Å². The molecule has 0 amide bonds. The van der Waals surface area contributed by atoms with Crippen molar-refractivity contribution in [3.63, 3.8) is 0 Å². The molecule has 31 heavy (non-hydrogen) atoms. The number of aromatic nitrogens is 2. The topological polar surface area (TPSA) is 61.3 Å². The Kier molecular flexibility index (Phi) is 8.44. The zero-order valence-corrected chi connectivity index (χ0v) is 19.2. The number of hydrogen-bond donors (Lipinski definition) is 0. The summed E-state index contributed by atoms with van der Waals surface area (Å²) in [5, 5.41) is 0. The van der Waals surface area contributed by atoms with E-state index in [1.54, 1.807) is 12.4 Å². The highest BCUT2D eigenvalue weighted by molar-refractivity contribution is 5.78. The maximum atomic E-state index is 12.1. The van der Waals surface area contributed by atoms with Crippen LogP contribution in [0.3, 0.4) is 0 Å². The average Bonchev–Trinajstić information content (AvgIpc) is 3.42. The molecule has 0 N–H and O–H groups in total. The minimum atomic E-state index is -0.195.